The monoisotopic (exact) mass is 207 g/mol. The molecule has 5 heteroatoms. The molecule has 4 bridgehead atoms. The molecule has 0 aromatic heterocycles. The van der Waals surface area contributed by atoms with Crippen LogP contribution in [0.2, 0.25) is 0 Å². The van der Waals surface area contributed by atoms with Gasteiger partial charge in [0.1, 0.15) is 0 Å². The van der Waals surface area contributed by atoms with Crippen molar-refractivity contribution in [1.82, 2.24) is 0 Å². The molecule has 0 spiro atoms. The van der Waals surface area contributed by atoms with Crippen LogP contribution in [0.5, 0.6) is 0 Å². The zero-order chi connectivity index (χ0) is 10.6. The van der Waals surface area contributed by atoms with Gasteiger partial charge in [-0.2, -0.15) is 0 Å². The molecule has 0 aromatic carbocycles. The van der Waals surface area contributed by atoms with E-state index in [0.29, 0.717) is 0 Å². The highest BCUT2D eigenvalue weighted by atomic mass is 16.7. The Morgan fingerprint density at radius 2 is 2.07 bits per heavy atom. The zero-order valence-corrected chi connectivity index (χ0v) is 7.75. The summed E-state index contributed by atoms with van der Waals surface area (Å²) in [5.74, 6) is -1.12. The third-order valence-corrected chi connectivity index (χ3v) is 3.05. The highest BCUT2D eigenvalue weighted by Gasteiger charge is 2.50. The van der Waals surface area contributed by atoms with Crippen LogP contribution in [0.1, 0.15) is 0 Å². The Kier molecular flexibility index (Phi) is 1.49. The van der Waals surface area contributed by atoms with Crippen molar-refractivity contribution in [2.24, 2.45) is 23.5 Å². The molecule has 0 radical (unpaired) electrons. The lowest BCUT2D eigenvalue weighted by atomic mass is 9.83. The van der Waals surface area contributed by atoms with Crippen LogP contribution in [0, 0.1) is 17.8 Å². The molecule has 2 aliphatic heterocycles. The molecule has 15 heavy (non-hydrogen) atoms. The Labute approximate surface area is 85.5 Å². The van der Waals surface area contributed by atoms with E-state index in [0.717, 1.165) is 0 Å². The standard InChI is InChI=1S/C10H9NO4/c11-8(12)7-3-6-4-1-2-5(6)10(14-7)15-9(4)13/h1-6,10H,(H2,11,12)/t4-,5-,6+,10+/m1/s1. The van der Waals surface area contributed by atoms with Crippen molar-refractivity contribution in [2.75, 3.05) is 0 Å². The minimum atomic E-state index is -0.690. The Balaban J connectivity index is 2.03. The van der Waals surface area contributed by atoms with Crippen molar-refractivity contribution >= 4 is 11.9 Å². The highest BCUT2D eigenvalue weighted by molar-refractivity contribution is 5.90. The average molecular weight is 207 g/mol. The number of ether oxygens (including phenoxy) is 2. The first kappa shape index (κ1) is 8.52. The molecule has 1 amide bonds. The second-order valence-electron chi connectivity index (χ2n) is 3.88. The predicted octanol–water partition coefficient (Wildman–Crippen LogP) is -0.313. The van der Waals surface area contributed by atoms with Crippen LogP contribution in [-0.4, -0.2) is 18.2 Å². The number of rotatable bonds is 1. The van der Waals surface area contributed by atoms with Gasteiger partial charge in [-0.25, -0.2) is 0 Å². The van der Waals surface area contributed by atoms with Gasteiger partial charge in [-0.05, 0) is 6.08 Å². The molecule has 2 N–H and O–H groups in total. The first-order valence-corrected chi connectivity index (χ1v) is 4.74. The summed E-state index contributed by atoms with van der Waals surface area (Å²) in [5, 5.41) is 0. The number of allylic oxidation sites excluding steroid dienone is 1. The second kappa shape index (κ2) is 2.62. The van der Waals surface area contributed by atoms with Crippen molar-refractivity contribution in [2.45, 2.75) is 6.29 Å². The van der Waals surface area contributed by atoms with Crippen LogP contribution in [-0.2, 0) is 19.1 Å². The number of primary amides is 1. The molecule has 1 fully saturated rings. The number of carbonyl (C=O) groups excluding carboxylic acids is 2. The second-order valence-corrected chi connectivity index (χ2v) is 3.88. The van der Waals surface area contributed by atoms with Crippen molar-refractivity contribution in [3.8, 4) is 0 Å². The summed E-state index contributed by atoms with van der Waals surface area (Å²) < 4.78 is 10.3. The summed E-state index contributed by atoms with van der Waals surface area (Å²) >= 11 is 0. The van der Waals surface area contributed by atoms with E-state index >= 15 is 0 Å². The van der Waals surface area contributed by atoms with E-state index in [1.165, 1.54) is 0 Å². The normalized spacial score (nSPS) is 40.5. The van der Waals surface area contributed by atoms with Crippen LogP contribution in [0.3, 0.4) is 0 Å². The van der Waals surface area contributed by atoms with Crippen LogP contribution in [0.15, 0.2) is 24.0 Å². The van der Waals surface area contributed by atoms with Gasteiger partial charge in [-0.3, -0.25) is 9.59 Å². The quantitative estimate of drug-likeness (QED) is 0.472. The molecule has 1 aliphatic carbocycles. The van der Waals surface area contributed by atoms with Gasteiger partial charge in [0, 0.05) is 5.92 Å². The summed E-state index contributed by atoms with van der Waals surface area (Å²) in [6.45, 7) is 0. The molecule has 3 aliphatic rings. The van der Waals surface area contributed by atoms with E-state index in [1.54, 1.807) is 6.08 Å². The maximum absolute atomic E-state index is 11.4. The molecular formula is C10H9NO4. The van der Waals surface area contributed by atoms with Crippen molar-refractivity contribution in [1.29, 1.82) is 0 Å². The molecule has 78 valence electrons. The van der Waals surface area contributed by atoms with Crippen molar-refractivity contribution < 1.29 is 19.1 Å². The van der Waals surface area contributed by atoms with Gasteiger partial charge in [0.05, 0.1) is 11.8 Å². The van der Waals surface area contributed by atoms with E-state index in [1.807, 2.05) is 12.2 Å². The number of amides is 1. The van der Waals surface area contributed by atoms with Gasteiger partial charge in [0.2, 0.25) is 0 Å². The van der Waals surface area contributed by atoms with E-state index < -0.39 is 12.2 Å². The summed E-state index contributed by atoms with van der Waals surface area (Å²) in [5.41, 5.74) is 5.12. The molecule has 5 nitrogen and oxygen atoms in total. The maximum atomic E-state index is 11.4. The summed E-state index contributed by atoms with van der Waals surface area (Å²) in [4.78, 5) is 22.4. The fraction of sp³-hybridized carbons (Fsp3) is 0.400. The Morgan fingerprint density at radius 3 is 2.80 bits per heavy atom. The van der Waals surface area contributed by atoms with Crippen molar-refractivity contribution in [3.63, 3.8) is 0 Å². The Hall–Kier alpha value is -1.78. The molecule has 3 rings (SSSR count). The molecule has 4 atom stereocenters. The van der Waals surface area contributed by atoms with E-state index in [4.69, 9.17) is 15.2 Å². The first-order chi connectivity index (χ1) is 7.16. The molecule has 1 saturated heterocycles. The van der Waals surface area contributed by atoms with Crippen LogP contribution in [0.4, 0.5) is 0 Å². The number of hydrogen-bond acceptors (Lipinski definition) is 4. The maximum Gasteiger partial charge on any atom is 0.316 e. The lowest BCUT2D eigenvalue weighted by molar-refractivity contribution is -0.203. The molecule has 2 heterocycles. The van der Waals surface area contributed by atoms with Gasteiger partial charge < -0.3 is 15.2 Å². The van der Waals surface area contributed by atoms with Gasteiger partial charge in [0.25, 0.3) is 12.2 Å². The topological polar surface area (TPSA) is 78.6 Å². The zero-order valence-electron chi connectivity index (χ0n) is 7.75. The Bertz CT molecular complexity index is 412. The van der Waals surface area contributed by atoms with Gasteiger partial charge >= 0.3 is 5.97 Å². The minimum absolute atomic E-state index is 0.0239. The van der Waals surface area contributed by atoms with Crippen LogP contribution >= 0.6 is 0 Å². The lowest BCUT2D eigenvalue weighted by Crippen LogP contribution is -2.45. The Morgan fingerprint density at radius 1 is 1.27 bits per heavy atom. The first-order valence-electron chi connectivity index (χ1n) is 4.74. The molecule has 0 aromatic rings. The number of carbonyl (C=O) groups is 2. The van der Waals surface area contributed by atoms with Crippen molar-refractivity contribution in [3.05, 3.63) is 24.0 Å². The van der Waals surface area contributed by atoms with E-state index in [2.05, 4.69) is 0 Å². The highest BCUT2D eigenvalue weighted by Crippen LogP contribution is 2.44. The predicted molar refractivity (Wildman–Crippen MR) is 47.9 cm³/mol. The lowest BCUT2D eigenvalue weighted by Gasteiger charge is -2.37. The number of hydrogen-bond donors (Lipinski definition) is 1. The van der Waals surface area contributed by atoms with Crippen LogP contribution in [0.25, 0.3) is 0 Å². The third-order valence-electron chi connectivity index (χ3n) is 3.05. The fourth-order valence-corrected chi connectivity index (χ4v) is 2.32. The van der Waals surface area contributed by atoms with E-state index in [-0.39, 0.29) is 29.5 Å². The third kappa shape index (κ3) is 1.03. The molecule has 0 unspecified atom stereocenters. The minimum Gasteiger partial charge on any atom is -0.449 e. The molecule has 0 saturated carbocycles. The summed E-state index contributed by atoms with van der Waals surface area (Å²) in [6.07, 6.45) is 4.65. The fourth-order valence-electron chi connectivity index (χ4n) is 2.32. The van der Waals surface area contributed by atoms with Gasteiger partial charge in [-0.15, -0.1) is 0 Å². The molecular weight excluding hydrogens is 198 g/mol. The summed E-state index contributed by atoms with van der Waals surface area (Å²) in [6, 6.07) is 0. The van der Waals surface area contributed by atoms with Crippen LogP contribution < -0.4 is 5.73 Å². The summed E-state index contributed by atoms with van der Waals surface area (Å²) in [7, 11) is 0. The number of esters is 1. The SMILES string of the molecule is NC(=O)C1=C[C@@H]2[C@H]3C=C[C@H]2C(=O)O[C@@H]3O1. The average Bonchev–Trinajstić information content (AvgIpc) is 2.51. The number of nitrogens with two attached hydrogens (primary N) is 1. The largest absolute Gasteiger partial charge is 0.449 e. The van der Waals surface area contributed by atoms with E-state index in [9.17, 15) is 9.59 Å². The van der Waals surface area contributed by atoms with Gasteiger partial charge in [0.15, 0.2) is 5.76 Å². The van der Waals surface area contributed by atoms with Gasteiger partial charge in [-0.1, -0.05) is 12.2 Å². The smallest absolute Gasteiger partial charge is 0.316 e.